The fourth-order valence-electron chi connectivity index (χ4n) is 3.27. The van der Waals surface area contributed by atoms with Crippen LogP contribution in [0.5, 0.6) is 5.75 Å². The van der Waals surface area contributed by atoms with Crippen LogP contribution in [0.2, 0.25) is 0 Å². The second-order valence-corrected chi connectivity index (χ2v) is 7.87. The third kappa shape index (κ3) is 6.69. The summed E-state index contributed by atoms with van der Waals surface area (Å²) < 4.78 is 8.06. The van der Waals surface area contributed by atoms with Crippen molar-refractivity contribution in [3.8, 4) is 11.4 Å². The zero-order valence-corrected chi connectivity index (χ0v) is 21.0. The Morgan fingerprint density at radius 2 is 1.97 bits per heavy atom. The van der Waals surface area contributed by atoms with Gasteiger partial charge < -0.3 is 15.4 Å². The number of rotatable bonds is 9. The number of nitrogens with zero attached hydrogens (tertiary/aromatic N) is 4. The first-order chi connectivity index (χ1) is 15.2. The Bertz CT molecular complexity index is 1020. The molecular formula is C24H31IN6O. The summed E-state index contributed by atoms with van der Waals surface area (Å²) in [5.41, 5.74) is 3.32. The molecule has 0 spiro atoms. The highest BCUT2D eigenvalue weighted by molar-refractivity contribution is 14.0. The Morgan fingerprint density at radius 1 is 1.16 bits per heavy atom. The van der Waals surface area contributed by atoms with Crippen LogP contribution in [-0.4, -0.2) is 33.9 Å². The van der Waals surface area contributed by atoms with Gasteiger partial charge in [0.15, 0.2) is 11.8 Å². The van der Waals surface area contributed by atoms with Crippen LogP contribution >= 0.6 is 24.0 Å². The number of hydrogen-bond acceptors (Lipinski definition) is 4. The SMILES string of the molecule is CCNC(=NCc1ccc(C)cc1OCC1CC1)NCc1nncn1-c1ccccc1.I. The van der Waals surface area contributed by atoms with Crippen LogP contribution in [0, 0.1) is 12.8 Å². The van der Waals surface area contributed by atoms with Crippen molar-refractivity contribution < 1.29 is 4.74 Å². The van der Waals surface area contributed by atoms with E-state index in [-0.39, 0.29) is 24.0 Å². The van der Waals surface area contributed by atoms with Crippen molar-refractivity contribution in [1.29, 1.82) is 0 Å². The molecule has 2 aromatic carbocycles. The molecule has 0 saturated heterocycles. The molecule has 0 aliphatic heterocycles. The van der Waals surface area contributed by atoms with E-state index >= 15 is 0 Å². The average Bonchev–Trinajstić information content (AvgIpc) is 3.51. The van der Waals surface area contributed by atoms with Crippen molar-refractivity contribution >= 4 is 29.9 Å². The first-order valence-electron chi connectivity index (χ1n) is 10.9. The van der Waals surface area contributed by atoms with Crippen LogP contribution < -0.4 is 15.4 Å². The lowest BCUT2D eigenvalue weighted by Gasteiger charge is -2.14. The number of aromatic nitrogens is 3. The highest BCUT2D eigenvalue weighted by Gasteiger charge is 2.22. The molecule has 1 heterocycles. The molecular weight excluding hydrogens is 515 g/mol. The molecule has 2 N–H and O–H groups in total. The van der Waals surface area contributed by atoms with E-state index in [9.17, 15) is 0 Å². The largest absolute Gasteiger partial charge is 0.493 e. The van der Waals surface area contributed by atoms with Crippen LogP contribution in [0.25, 0.3) is 5.69 Å². The number of para-hydroxylation sites is 1. The van der Waals surface area contributed by atoms with Gasteiger partial charge in [0.2, 0.25) is 0 Å². The molecule has 4 rings (SSSR count). The molecule has 1 aliphatic carbocycles. The van der Waals surface area contributed by atoms with Crippen LogP contribution in [0.3, 0.4) is 0 Å². The predicted molar refractivity (Wildman–Crippen MR) is 138 cm³/mol. The van der Waals surface area contributed by atoms with Crippen LogP contribution in [0.1, 0.15) is 36.7 Å². The summed E-state index contributed by atoms with van der Waals surface area (Å²) in [7, 11) is 0. The summed E-state index contributed by atoms with van der Waals surface area (Å²) in [6.07, 6.45) is 4.29. The van der Waals surface area contributed by atoms with E-state index in [0.717, 1.165) is 47.9 Å². The van der Waals surface area contributed by atoms with Gasteiger partial charge in [0, 0.05) is 17.8 Å². The molecule has 3 aromatic rings. The van der Waals surface area contributed by atoms with Gasteiger partial charge in [0.1, 0.15) is 12.1 Å². The number of ether oxygens (including phenoxy) is 1. The Balaban J connectivity index is 0.00000289. The van der Waals surface area contributed by atoms with Gasteiger partial charge in [-0.1, -0.05) is 30.3 Å². The molecule has 170 valence electrons. The molecule has 1 saturated carbocycles. The molecule has 0 radical (unpaired) electrons. The zero-order valence-electron chi connectivity index (χ0n) is 18.6. The van der Waals surface area contributed by atoms with Crippen molar-refractivity contribution in [2.75, 3.05) is 13.2 Å². The molecule has 0 atom stereocenters. The number of hydrogen-bond donors (Lipinski definition) is 2. The van der Waals surface area contributed by atoms with E-state index in [0.29, 0.717) is 13.1 Å². The van der Waals surface area contributed by atoms with Crippen molar-refractivity contribution in [1.82, 2.24) is 25.4 Å². The van der Waals surface area contributed by atoms with Gasteiger partial charge in [-0.25, -0.2) is 4.99 Å². The topological polar surface area (TPSA) is 76.4 Å². The molecule has 1 aromatic heterocycles. The third-order valence-electron chi connectivity index (χ3n) is 5.21. The maximum Gasteiger partial charge on any atom is 0.191 e. The lowest BCUT2D eigenvalue weighted by Crippen LogP contribution is -2.37. The molecule has 32 heavy (non-hydrogen) atoms. The maximum absolute atomic E-state index is 6.09. The first-order valence-corrected chi connectivity index (χ1v) is 10.9. The quantitative estimate of drug-likeness (QED) is 0.239. The predicted octanol–water partition coefficient (Wildman–Crippen LogP) is 4.24. The lowest BCUT2D eigenvalue weighted by molar-refractivity contribution is 0.296. The summed E-state index contributed by atoms with van der Waals surface area (Å²) >= 11 is 0. The standard InChI is InChI=1S/C24H30N6O.HI/c1-3-25-24(27-15-23-29-28-17-30(23)21-7-5-4-6-8-21)26-14-20-12-9-18(2)13-22(20)31-16-19-10-11-19;/h4-9,12-13,17,19H,3,10-11,14-16H2,1-2H3,(H2,25,26,27);1H. The number of guanidine groups is 1. The van der Waals surface area contributed by atoms with Gasteiger partial charge in [0.05, 0.1) is 19.7 Å². The van der Waals surface area contributed by atoms with E-state index < -0.39 is 0 Å². The number of nitrogens with one attached hydrogen (secondary N) is 2. The number of benzene rings is 2. The van der Waals surface area contributed by atoms with Gasteiger partial charge in [-0.3, -0.25) is 4.57 Å². The van der Waals surface area contributed by atoms with E-state index in [1.807, 2.05) is 34.9 Å². The van der Waals surface area contributed by atoms with E-state index in [1.54, 1.807) is 6.33 Å². The molecule has 1 fully saturated rings. The molecule has 0 bridgehead atoms. The molecule has 8 heteroatoms. The summed E-state index contributed by atoms with van der Waals surface area (Å²) in [5, 5.41) is 15.0. The monoisotopic (exact) mass is 546 g/mol. The van der Waals surface area contributed by atoms with Gasteiger partial charge in [-0.15, -0.1) is 34.2 Å². The Kier molecular flexibility index (Phi) is 8.90. The van der Waals surface area contributed by atoms with Crippen LogP contribution in [0.15, 0.2) is 59.9 Å². The first kappa shape index (κ1) is 24.0. The average molecular weight is 546 g/mol. The smallest absolute Gasteiger partial charge is 0.191 e. The second-order valence-electron chi connectivity index (χ2n) is 7.87. The fourth-order valence-corrected chi connectivity index (χ4v) is 3.27. The highest BCUT2D eigenvalue weighted by atomic mass is 127. The number of aryl methyl sites for hydroxylation is 1. The third-order valence-corrected chi connectivity index (χ3v) is 5.21. The number of halogens is 1. The van der Waals surface area contributed by atoms with Gasteiger partial charge in [-0.05, 0) is 56.4 Å². The number of aliphatic imine (C=N–C) groups is 1. The van der Waals surface area contributed by atoms with Gasteiger partial charge in [0.25, 0.3) is 0 Å². The van der Waals surface area contributed by atoms with E-state index in [2.05, 4.69) is 52.9 Å². The van der Waals surface area contributed by atoms with E-state index in [1.165, 1.54) is 18.4 Å². The Morgan fingerprint density at radius 3 is 2.72 bits per heavy atom. The minimum atomic E-state index is 0. The summed E-state index contributed by atoms with van der Waals surface area (Å²) in [6.45, 7) is 6.77. The minimum absolute atomic E-state index is 0. The Labute approximate surface area is 206 Å². The van der Waals surface area contributed by atoms with E-state index in [4.69, 9.17) is 9.73 Å². The second kappa shape index (κ2) is 11.8. The van der Waals surface area contributed by atoms with Gasteiger partial charge in [-0.2, -0.15) is 0 Å². The minimum Gasteiger partial charge on any atom is -0.493 e. The summed E-state index contributed by atoms with van der Waals surface area (Å²) in [4.78, 5) is 4.78. The lowest BCUT2D eigenvalue weighted by atomic mass is 10.1. The molecule has 7 nitrogen and oxygen atoms in total. The Hall–Kier alpha value is -2.62. The van der Waals surface area contributed by atoms with Crippen molar-refractivity contribution in [2.24, 2.45) is 10.9 Å². The highest BCUT2D eigenvalue weighted by Crippen LogP contribution is 2.31. The molecule has 0 amide bonds. The van der Waals surface area contributed by atoms with Crippen molar-refractivity contribution in [3.05, 3.63) is 71.8 Å². The fraction of sp³-hybridized carbons (Fsp3) is 0.375. The maximum atomic E-state index is 6.09. The molecule has 1 aliphatic rings. The summed E-state index contributed by atoms with van der Waals surface area (Å²) in [5.74, 6) is 3.22. The van der Waals surface area contributed by atoms with Gasteiger partial charge >= 0.3 is 0 Å². The van der Waals surface area contributed by atoms with Crippen LogP contribution in [-0.2, 0) is 13.1 Å². The van der Waals surface area contributed by atoms with Crippen LogP contribution in [0.4, 0.5) is 0 Å². The van der Waals surface area contributed by atoms with Crippen molar-refractivity contribution in [3.63, 3.8) is 0 Å². The van der Waals surface area contributed by atoms with Crippen molar-refractivity contribution in [2.45, 2.75) is 39.8 Å². The molecule has 0 unspecified atom stereocenters. The zero-order chi connectivity index (χ0) is 21.5. The summed E-state index contributed by atoms with van der Waals surface area (Å²) in [6, 6.07) is 16.4. The normalized spacial score (nSPS) is 13.4.